The minimum absolute atomic E-state index is 0.0468. The van der Waals surface area contributed by atoms with E-state index in [9.17, 15) is 4.79 Å². The summed E-state index contributed by atoms with van der Waals surface area (Å²) < 4.78 is 11.4. The van der Waals surface area contributed by atoms with Gasteiger partial charge in [0, 0.05) is 18.8 Å². The van der Waals surface area contributed by atoms with Gasteiger partial charge in [-0.1, -0.05) is 46.9 Å². The van der Waals surface area contributed by atoms with Crippen molar-refractivity contribution in [1.82, 2.24) is 15.1 Å². The highest BCUT2D eigenvalue weighted by Gasteiger charge is 2.16. The first-order chi connectivity index (χ1) is 15.0. The molecule has 0 aliphatic carbocycles. The number of hydrogen-bond acceptors (Lipinski definition) is 8. The Hall–Kier alpha value is -2.78. The monoisotopic (exact) mass is 458 g/mol. The lowest BCUT2D eigenvalue weighted by molar-refractivity contribution is -0.128. The highest BCUT2D eigenvalue weighted by molar-refractivity contribution is 8.01. The molecule has 7 nitrogen and oxygen atoms in total. The minimum Gasteiger partial charge on any atom is -0.493 e. The van der Waals surface area contributed by atoms with Crippen LogP contribution in [0.2, 0.25) is 0 Å². The van der Waals surface area contributed by atoms with Gasteiger partial charge in [-0.2, -0.15) is 0 Å². The van der Waals surface area contributed by atoms with E-state index in [-0.39, 0.29) is 5.91 Å². The lowest BCUT2D eigenvalue weighted by Crippen LogP contribution is -2.31. The van der Waals surface area contributed by atoms with Crippen molar-refractivity contribution in [3.63, 3.8) is 0 Å². The first-order valence-corrected chi connectivity index (χ1v) is 11.6. The van der Waals surface area contributed by atoms with Crippen molar-refractivity contribution in [2.24, 2.45) is 0 Å². The fourth-order valence-electron chi connectivity index (χ4n) is 2.87. The number of nitrogens with one attached hydrogen (secondary N) is 1. The van der Waals surface area contributed by atoms with Gasteiger partial charge in [0.25, 0.3) is 0 Å². The molecule has 9 heteroatoms. The first kappa shape index (κ1) is 22.9. The molecule has 1 amide bonds. The lowest BCUT2D eigenvalue weighted by atomic mass is 10.2. The molecule has 0 atom stereocenters. The molecule has 164 valence electrons. The van der Waals surface area contributed by atoms with Crippen LogP contribution < -0.4 is 14.8 Å². The largest absolute Gasteiger partial charge is 0.493 e. The maximum Gasteiger partial charge on any atom is 0.233 e. The van der Waals surface area contributed by atoms with Gasteiger partial charge in [0.1, 0.15) is 0 Å². The van der Waals surface area contributed by atoms with Crippen molar-refractivity contribution in [1.29, 1.82) is 0 Å². The summed E-state index contributed by atoms with van der Waals surface area (Å²) in [4.78, 5) is 14.6. The van der Waals surface area contributed by atoms with Crippen LogP contribution in [-0.4, -0.2) is 47.5 Å². The number of rotatable bonds is 10. The van der Waals surface area contributed by atoms with Crippen molar-refractivity contribution in [3.8, 4) is 11.5 Å². The number of amides is 1. The van der Waals surface area contributed by atoms with Crippen LogP contribution in [0.3, 0.4) is 0 Å². The number of thioether (sulfide) groups is 1. The number of aryl methyl sites for hydroxylation is 1. The third-order valence-corrected chi connectivity index (χ3v) is 6.54. The van der Waals surface area contributed by atoms with Crippen LogP contribution in [0, 0.1) is 6.92 Å². The number of carbonyl (C=O) groups excluding carboxylic acids is 1. The SMILES string of the molecule is CCN(Cc1ccc(OC)c(OC)c1)C(=O)CSc1nnc(Nc2ccc(C)cc2)s1. The molecule has 3 aromatic rings. The van der Waals surface area contributed by atoms with Crippen LogP contribution >= 0.6 is 23.1 Å². The van der Waals surface area contributed by atoms with Crippen LogP contribution in [0.4, 0.5) is 10.8 Å². The molecule has 0 saturated heterocycles. The zero-order valence-corrected chi connectivity index (χ0v) is 19.7. The van der Waals surface area contributed by atoms with Gasteiger partial charge < -0.3 is 19.7 Å². The van der Waals surface area contributed by atoms with Crippen molar-refractivity contribution in [2.75, 3.05) is 31.8 Å². The van der Waals surface area contributed by atoms with E-state index in [0.717, 1.165) is 15.6 Å². The number of benzene rings is 2. The van der Waals surface area contributed by atoms with E-state index < -0.39 is 0 Å². The molecule has 0 unspecified atom stereocenters. The summed E-state index contributed by atoms with van der Waals surface area (Å²) in [5.41, 5.74) is 3.14. The summed E-state index contributed by atoms with van der Waals surface area (Å²) in [5.74, 6) is 1.67. The molecule has 0 aliphatic rings. The Bertz CT molecular complexity index is 1010. The number of aromatic nitrogens is 2. The van der Waals surface area contributed by atoms with Crippen molar-refractivity contribution in [3.05, 3.63) is 53.6 Å². The van der Waals surface area contributed by atoms with Gasteiger partial charge in [0.2, 0.25) is 11.0 Å². The number of carbonyl (C=O) groups is 1. The van der Waals surface area contributed by atoms with Gasteiger partial charge in [-0.25, -0.2) is 0 Å². The quantitative estimate of drug-likeness (QED) is 0.439. The molecule has 1 N–H and O–H groups in total. The predicted octanol–water partition coefficient (Wildman–Crippen LogP) is 4.75. The van der Waals surface area contributed by atoms with Crippen molar-refractivity contribution in [2.45, 2.75) is 24.7 Å². The molecule has 0 saturated carbocycles. The third-order valence-electron chi connectivity index (χ3n) is 4.58. The van der Waals surface area contributed by atoms with E-state index in [1.54, 1.807) is 19.1 Å². The number of hydrogen-bond donors (Lipinski definition) is 1. The lowest BCUT2D eigenvalue weighted by Gasteiger charge is -2.21. The summed E-state index contributed by atoms with van der Waals surface area (Å²) in [7, 11) is 3.21. The Kier molecular flexibility index (Phi) is 8.13. The van der Waals surface area contributed by atoms with E-state index in [0.29, 0.717) is 35.5 Å². The second-order valence-corrected chi connectivity index (χ2v) is 8.95. The molecule has 0 fully saturated rings. The topological polar surface area (TPSA) is 76.6 Å². The number of anilines is 2. The van der Waals surface area contributed by atoms with Crippen LogP contribution in [0.5, 0.6) is 11.5 Å². The highest BCUT2D eigenvalue weighted by atomic mass is 32.2. The second-order valence-electron chi connectivity index (χ2n) is 6.75. The van der Waals surface area contributed by atoms with Gasteiger partial charge in [0.05, 0.1) is 20.0 Å². The molecule has 0 aliphatic heterocycles. The Labute approximate surface area is 190 Å². The summed E-state index contributed by atoms with van der Waals surface area (Å²) in [5, 5.41) is 12.3. The normalized spacial score (nSPS) is 10.6. The number of ether oxygens (including phenoxy) is 2. The maximum absolute atomic E-state index is 12.7. The number of nitrogens with zero attached hydrogens (tertiary/aromatic N) is 3. The van der Waals surface area contributed by atoms with Crippen LogP contribution in [0.15, 0.2) is 46.8 Å². The van der Waals surface area contributed by atoms with Crippen molar-refractivity contribution >= 4 is 39.8 Å². The summed E-state index contributed by atoms with van der Waals surface area (Å²) in [6.45, 7) is 5.14. The molecule has 1 aromatic heterocycles. The van der Waals surface area contributed by atoms with E-state index in [1.807, 2.05) is 56.3 Å². The Balaban J connectivity index is 1.55. The van der Waals surface area contributed by atoms with E-state index in [1.165, 1.54) is 28.7 Å². The molecule has 31 heavy (non-hydrogen) atoms. The van der Waals surface area contributed by atoms with Crippen LogP contribution in [-0.2, 0) is 11.3 Å². The van der Waals surface area contributed by atoms with Gasteiger partial charge in [-0.15, -0.1) is 10.2 Å². The zero-order valence-electron chi connectivity index (χ0n) is 18.0. The second kappa shape index (κ2) is 11.0. The fourth-order valence-corrected chi connectivity index (χ4v) is 4.54. The van der Waals surface area contributed by atoms with E-state index >= 15 is 0 Å². The first-order valence-electron chi connectivity index (χ1n) is 9.81. The average Bonchev–Trinajstić information content (AvgIpc) is 3.24. The van der Waals surface area contributed by atoms with Crippen LogP contribution in [0.1, 0.15) is 18.1 Å². The van der Waals surface area contributed by atoms with Gasteiger partial charge in [0.15, 0.2) is 15.8 Å². The highest BCUT2D eigenvalue weighted by Crippen LogP contribution is 2.29. The van der Waals surface area contributed by atoms with Gasteiger partial charge >= 0.3 is 0 Å². The summed E-state index contributed by atoms with van der Waals surface area (Å²) in [6, 6.07) is 13.8. The zero-order chi connectivity index (χ0) is 22.2. The Morgan fingerprint density at radius 2 is 1.84 bits per heavy atom. The molecular formula is C22H26N4O3S2. The molecule has 1 heterocycles. The Morgan fingerprint density at radius 3 is 2.52 bits per heavy atom. The number of methoxy groups -OCH3 is 2. The Morgan fingerprint density at radius 1 is 1.10 bits per heavy atom. The third kappa shape index (κ3) is 6.35. The van der Waals surface area contributed by atoms with E-state index in [4.69, 9.17) is 9.47 Å². The standard InChI is InChI=1S/C22H26N4O3S2/c1-5-26(13-16-8-11-18(28-3)19(12-16)29-4)20(27)14-30-22-25-24-21(31-22)23-17-9-6-15(2)7-10-17/h6-12H,5,13-14H2,1-4H3,(H,23,24). The maximum atomic E-state index is 12.7. The van der Waals surface area contributed by atoms with Crippen LogP contribution in [0.25, 0.3) is 0 Å². The predicted molar refractivity (Wildman–Crippen MR) is 126 cm³/mol. The fraction of sp³-hybridized carbons (Fsp3) is 0.318. The molecule has 2 aromatic carbocycles. The summed E-state index contributed by atoms with van der Waals surface area (Å²) >= 11 is 2.83. The van der Waals surface area contributed by atoms with Crippen molar-refractivity contribution < 1.29 is 14.3 Å². The molecule has 0 radical (unpaired) electrons. The molecule has 3 rings (SSSR count). The molecular weight excluding hydrogens is 432 g/mol. The van der Waals surface area contributed by atoms with Gasteiger partial charge in [-0.05, 0) is 43.7 Å². The minimum atomic E-state index is 0.0468. The molecule has 0 bridgehead atoms. The smallest absolute Gasteiger partial charge is 0.233 e. The average molecular weight is 459 g/mol. The van der Waals surface area contributed by atoms with Gasteiger partial charge in [-0.3, -0.25) is 4.79 Å². The summed E-state index contributed by atoms with van der Waals surface area (Å²) in [6.07, 6.45) is 0. The molecule has 0 spiro atoms. The van der Waals surface area contributed by atoms with E-state index in [2.05, 4.69) is 15.5 Å².